The Morgan fingerprint density at radius 2 is 2.00 bits per heavy atom. The molecule has 1 aromatic carbocycles. The highest BCUT2D eigenvalue weighted by Gasteiger charge is 2.19. The van der Waals surface area contributed by atoms with Crippen LogP contribution >= 0.6 is 0 Å². The van der Waals surface area contributed by atoms with E-state index >= 15 is 0 Å². The van der Waals surface area contributed by atoms with Crippen molar-refractivity contribution >= 4 is 16.0 Å². The van der Waals surface area contributed by atoms with E-state index < -0.39 is 16.0 Å². The normalized spacial score (nSPS) is 11.8. The number of hydrogen-bond donors (Lipinski definition) is 2. The zero-order valence-electron chi connectivity index (χ0n) is 12.4. The SMILES string of the molecule is Cc1nccn1-c1cc(C(=O)O)cc(S(=O)(=O)NC(C)C)c1. The minimum Gasteiger partial charge on any atom is -0.478 e. The molecule has 0 amide bonds. The number of sulfonamides is 1. The van der Waals surface area contributed by atoms with Crippen molar-refractivity contribution in [2.45, 2.75) is 31.7 Å². The fourth-order valence-corrected chi connectivity index (χ4v) is 3.34. The van der Waals surface area contributed by atoms with Gasteiger partial charge >= 0.3 is 5.97 Å². The van der Waals surface area contributed by atoms with Crippen LogP contribution in [0.4, 0.5) is 0 Å². The lowest BCUT2D eigenvalue weighted by Crippen LogP contribution is -2.30. The largest absolute Gasteiger partial charge is 0.478 e. The summed E-state index contributed by atoms with van der Waals surface area (Å²) in [5, 5.41) is 9.21. The molecule has 1 heterocycles. The van der Waals surface area contributed by atoms with Crippen molar-refractivity contribution in [3.8, 4) is 5.69 Å². The van der Waals surface area contributed by atoms with Gasteiger partial charge in [-0.3, -0.25) is 0 Å². The Kier molecular flexibility index (Phi) is 4.34. The number of benzene rings is 1. The first-order chi connectivity index (χ1) is 10.2. The van der Waals surface area contributed by atoms with Gasteiger partial charge < -0.3 is 9.67 Å². The first kappa shape index (κ1) is 16.2. The Morgan fingerprint density at radius 3 is 2.50 bits per heavy atom. The van der Waals surface area contributed by atoms with Crippen LogP contribution in [0.15, 0.2) is 35.5 Å². The molecule has 118 valence electrons. The predicted molar refractivity (Wildman–Crippen MR) is 80.7 cm³/mol. The number of hydrogen-bond acceptors (Lipinski definition) is 4. The third-order valence-electron chi connectivity index (χ3n) is 2.94. The molecule has 0 radical (unpaired) electrons. The van der Waals surface area contributed by atoms with E-state index in [9.17, 15) is 18.3 Å². The second kappa shape index (κ2) is 5.90. The number of nitrogens with one attached hydrogen (secondary N) is 1. The molecule has 8 heteroatoms. The van der Waals surface area contributed by atoms with E-state index in [0.717, 1.165) is 6.07 Å². The predicted octanol–water partition coefficient (Wildman–Crippen LogP) is 1.57. The number of carboxylic acid groups (broad SMARTS) is 1. The molecule has 0 atom stereocenters. The summed E-state index contributed by atoms with van der Waals surface area (Å²) >= 11 is 0. The molecule has 0 unspecified atom stereocenters. The summed E-state index contributed by atoms with van der Waals surface area (Å²) < 4.78 is 28.7. The lowest BCUT2D eigenvalue weighted by atomic mass is 10.2. The molecule has 22 heavy (non-hydrogen) atoms. The number of carboxylic acids is 1. The van der Waals surface area contributed by atoms with Crippen LogP contribution in [0.1, 0.15) is 30.0 Å². The highest BCUT2D eigenvalue weighted by atomic mass is 32.2. The van der Waals surface area contributed by atoms with Crippen molar-refractivity contribution in [2.24, 2.45) is 0 Å². The fourth-order valence-electron chi connectivity index (χ4n) is 2.03. The molecule has 0 fully saturated rings. The number of rotatable bonds is 5. The number of aryl methyl sites for hydroxylation is 1. The molecule has 2 rings (SSSR count). The molecular formula is C14H17N3O4S. The highest BCUT2D eigenvalue weighted by Crippen LogP contribution is 2.20. The molecule has 0 bridgehead atoms. The smallest absolute Gasteiger partial charge is 0.335 e. The van der Waals surface area contributed by atoms with E-state index in [1.54, 1.807) is 37.7 Å². The summed E-state index contributed by atoms with van der Waals surface area (Å²) in [7, 11) is -3.79. The van der Waals surface area contributed by atoms with Gasteiger partial charge in [0.15, 0.2) is 0 Å². The Morgan fingerprint density at radius 1 is 1.32 bits per heavy atom. The monoisotopic (exact) mass is 323 g/mol. The van der Waals surface area contributed by atoms with Crippen LogP contribution in [0.5, 0.6) is 0 Å². The van der Waals surface area contributed by atoms with Crippen LogP contribution in [-0.4, -0.2) is 35.1 Å². The van der Waals surface area contributed by atoms with Gasteiger partial charge in [0.05, 0.1) is 10.5 Å². The Bertz CT molecular complexity index is 809. The Hall–Kier alpha value is -2.19. The zero-order chi connectivity index (χ0) is 16.5. The second-order valence-corrected chi connectivity index (χ2v) is 6.86. The maximum Gasteiger partial charge on any atom is 0.335 e. The first-order valence-corrected chi connectivity index (χ1v) is 8.10. The van der Waals surface area contributed by atoms with Crippen molar-refractivity contribution in [3.63, 3.8) is 0 Å². The third kappa shape index (κ3) is 3.34. The van der Waals surface area contributed by atoms with E-state index in [4.69, 9.17) is 0 Å². The molecule has 0 saturated carbocycles. The van der Waals surface area contributed by atoms with Gasteiger partial charge in [-0.05, 0) is 39.0 Å². The van der Waals surface area contributed by atoms with Gasteiger partial charge in [0.2, 0.25) is 10.0 Å². The second-order valence-electron chi connectivity index (χ2n) is 5.14. The van der Waals surface area contributed by atoms with Gasteiger partial charge in [0, 0.05) is 24.1 Å². The molecule has 0 saturated heterocycles. The van der Waals surface area contributed by atoms with Crippen LogP contribution in [-0.2, 0) is 10.0 Å². The van der Waals surface area contributed by atoms with E-state index in [2.05, 4.69) is 9.71 Å². The average Bonchev–Trinajstić information content (AvgIpc) is 2.83. The Balaban J connectivity index is 2.63. The molecule has 0 spiro atoms. The molecule has 2 aromatic rings. The number of aromatic carboxylic acids is 1. The molecule has 0 aliphatic heterocycles. The summed E-state index contributed by atoms with van der Waals surface area (Å²) in [6, 6.07) is 3.68. The minimum absolute atomic E-state index is 0.0933. The number of imidazole rings is 1. The highest BCUT2D eigenvalue weighted by molar-refractivity contribution is 7.89. The molecule has 0 aliphatic carbocycles. The summed E-state index contributed by atoms with van der Waals surface area (Å²) in [4.78, 5) is 15.2. The van der Waals surface area contributed by atoms with Gasteiger partial charge in [-0.15, -0.1) is 0 Å². The van der Waals surface area contributed by atoms with E-state index in [1.165, 1.54) is 12.1 Å². The van der Waals surface area contributed by atoms with E-state index in [0.29, 0.717) is 11.5 Å². The van der Waals surface area contributed by atoms with Crippen LogP contribution in [0.25, 0.3) is 5.69 Å². The lowest BCUT2D eigenvalue weighted by Gasteiger charge is -2.13. The first-order valence-electron chi connectivity index (χ1n) is 6.62. The minimum atomic E-state index is -3.79. The molecule has 2 N–H and O–H groups in total. The molecule has 1 aromatic heterocycles. The Labute approximate surface area is 128 Å². The van der Waals surface area contributed by atoms with E-state index in [1.807, 2.05) is 0 Å². The van der Waals surface area contributed by atoms with Crippen molar-refractivity contribution in [1.29, 1.82) is 0 Å². The summed E-state index contributed by atoms with van der Waals surface area (Å²) in [6.45, 7) is 5.13. The number of aromatic nitrogens is 2. The number of nitrogens with zero attached hydrogens (tertiary/aromatic N) is 2. The van der Waals surface area contributed by atoms with Gasteiger partial charge in [0.25, 0.3) is 0 Å². The lowest BCUT2D eigenvalue weighted by molar-refractivity contribution is 0.0696. The topological polar surface area (TPSA) is 101 Å². The van der Waals surface area contributed by atoms with Crippen LogP contribution < -0.4 is 4.72 Å². The fraction of sp³-hybridized carbons (Fsp3) is 0.286. The van der Waals surface area contributed by atoms with Gasteiger partial charge in [0.1, 0.15) is 5.82 Å². The standard InChI is InChI=1S/C14H17N3O4S/c1-9(2)16-22(20,21)13-7-11(14(18)19)6-12(8-13)17-5-4-15-10(17)3/h4-9,16H,1-3H3,(H,18,19). The van der Waals surface area contributed by atoms with Crippen molar-refractivity contribution < 1.29 is 18.3 Å². The molecule has 7 nitrogen and oxygen atoms in total. The maximum absolute atomic E-state index is 12.3. The van der Waals surface area contributed by atoms with Gasteiger partial charge in [-0.2, -0.15) is 0 Å². The molecule has 0 aliphatic rings. The van der Waals surface area contributed by atoms with Crippen LogP contribution in [0.3, 0.4) is 0 Å². The average molecular weight is 323 g/mol. The van der Waals surface area contributed by atoms with Gasteiger partial charge in [-0.25, -0.2) is 22.9 Å². The summed E-state index contributed by atoms with van der Waals surface area (Å²) in [5.74, 6) is -0.566. The van der Waals surface area contributed by atoms with E-state index in [-0.39, 0.29) is 16.5 Å². The van der Waals surface area contributed by atoms with Crippen LogP contribution in [0.2, 0.25) is 0 Å². The number of carbonyl (C=O) groups is 1. The van der Waals surface area contributed by atoms with Crippen LogP contribution in [0, 0.1) is 6.92 Å². The zero-order valence-corrected chi connectivity index (χ0v) is 13.3. The quantitative estimate of drug-likeness (QED) is 0.869. The summed E-state index contributed by atoms with van der Waals surface area (Å²) in [6.07, 6.45) is 3.20. The van der Waals surface area contributed by atoms with Crippen molar-refractivity contribution in [1.82, 2.24) is 14.3 Å². The molecular weight excluding hydrogens is 306 g/mol. The van der Waals surface area contributed by atoms with Crippen molar-refractivity contribution in [2.75, 3.05) is 0 Å². The third-order valence-corrected chi connectivity index (χ3v) is 4.58. The van der Waals surface area contributed by atoms with Gasteiger partial charge in [-0.1, -0.05) is 0 Å². The summed E-state index contributed by atoms with van der Waals surface area (Å²) in [5.41, 5.74) is 0.328. The maximum atomic E-state index is 12.3. The van der Waals surface area contributed by atoms with Crippen molar-refractivity contribution in [3.05, 3.63) is 42.0 Å².